The molecule has 36 heavy (non-hydrogen) atoms. The second kappa shape index (κ2) is 9.87. The van der Waals surface area contributed by atoms with E-state index in [1.807, 2.05) is 55.5 Å². The third kappa shape index (κ3) is 4.20. The number of nitrogens with zero attached hydrogens (tertiary/aromatic N) is 3. The Kier molecular flexibility index (Phi) is 6.64. The molecule has 0 amide bonds. The monoisotopic (exact) mass is 560 g/mol. The third-order valence-corrected chi connectivity index (χ3v) is 7.39. The van der Waals surface area contributed by atoms with Crippen LogP contribution in [0.5, 0.6) is 0 Å². The molecular formula is C28H25BrN4O2S. The van der Waals surface area contributed by atoms with Crippen LogP contribution in [-0.2, 0) is 4.74 Å². The number of carbonyl (C=O) groups excluding carboxylic acids is 1. The lowest BCUT2D eigenvalue weighted by atomic mass is 9.96. The van der Waals surface area contributed by atoms with Gasteiger partial charge in [0.2, 0.25) is 0 Å². The maximum Gasteiger partial charge on any atom is 0.339 e. The highest BCUT2D eigenvalue weighted by atomic mass is 79.9. The molecule has 0 spiro atoms. The molecule has 0 radical (unpaired) electrons. The van der Waals surface area contributed by atoms with Crippen molar-refractivity contribution in [2.45, 2.75) is 25.9 Å². The van der Waals surface area contributed by atoms with E-state index in [-0.39, 0.29) is 18.1 Å². The van der Waals surface area contributed by atoms with Crippen LogP contribution in [0.1, 0.15) is 45.1 Å². The number of esters is 1. The van der Waals surface area contributed by atoms with Crippen molar-refractivity contribution in [1.29, 1.82) is 0 Å². The average Bonchev–Trinajstić information content (AvgIpc) is 3.39. The molecule has 1 fully saturated rings. The van der Waals surface area contributed by atoms with Gasteiger partial charge in [-0.2, -0.15) is 0 Å². The number of hydrogen-bond acceptors (Lipinski definition) is 4. The van der Waals surface area contributed by atoms with E-state index in [0.717, 1.165) is 38.5 Å². The van der Waals surface area contributed by atoms with Gasteiger partial charge in [0, 0.05) is 27.7 Å². The number of ether oxygens (including phenoxy) is 1. The molecule has 1 N–H and O–H groups in total. The van der Waals surface area contributed by atoms with E-state index in [2.05, 4.69) is 60.8 Å². The summed E-state index contributed by atoms with van der Waals surface area (Å²) in [5, 5.41) is 4.15. The lowest BCUT2D eigenvalue weighted by Crippen LogP contribution is -2.29. The number of pyridine rings is 1. The van der Waals surface area contributed by atoms with Gasteiger partial charge in [0.05, 0.1) is 36.1 Å². The van der Waals surface area contributed by atoms with Crippen LogP contribution in [0.25, 0.3) is 5.69 Å². The second-order valence-electron chi connectivity index (χ2n) is 8.64. The van der Waals surface area contributed by atoms with Crippen molar-refractivity contribution in [3.8, 4) is 5.69 Å². The number of carbonyl (C=O) groups is 1. The predicted octanol–water partition coefficient (Wildman–Crippen LogP) is 6.22. The van der Waals surface area contributed by atoms with E-state index in [0.29, 0.717) is 10.7 Å². The van der Waals surface area contributed by atoms with Gasteiger partial charge >= 0.3 is 5.97 Å². The smallest absolute Gasteiger partial charge is 0.339 e. The summed E-state index contributed by atoms with van der Waals surface area (Å²) in [6.07, 6.45) is 1.80. The summed E-state index contributed by atoms with van der Waals surface area (Å²) in [7, 11) is 1.40. The van der Waals surface area contributed by atoms with Crippen LogP contribution in [0.15, 0.2) is 83.5 Å². The lowest BCUT2D eigenvalue weighted by Gasteiger charge is -2.28. The van der Waals surface area contributed by atoms with Crippen LogP contribution < -0.4 is 10.2 Å². The van der Waals surface area contributed by atoms with Crippen LogP contribution >= 0.6 is 28.1 Å². The number of halogens is 1. The van der Waals surface area contributed by atoms with Gasteiger partial charge in [-0.05, 0) is 86.2 Å². The molecule has 0 saturated carbocycles. The van der Waals surface area contributed by atoms with E-state index < -0.39 is 0 Å². The van der Waals surface area contributed by atoms with Crippen LogP contribution in [0.4, 0.5) is 5.69 Å². The Balaban J connectivity index is 1.69. The molecule has 0 unspecified atom stereocenters. The molecule has 3 heterocycles. The Morgan fingerprint density at radius 1 is 1.06 bits per heavy atom. The number of aryl methyl sites for hydroxylation is 1. The fourth-order valence-electron chi connectivity index (χ4n) is 4.96. The number of thiocarbonyl (C=S) groups is 1. The minimum Gasteiger partial charge on any atom is -0.465 e. The standard InChI is InChI=1S/C28H25BrN4O2S/c1-17-16-22(18(2)32(17)24-10-5-4-8-21(24)27(34)35-3)26-25(23-9-6-7-15-30-23)31-28(36)33(26)20-13-11-19(29)12-14-20/h4-16,25-26H,1-3H3,(H,31,36)/t25-,26+/m0/s1. The molecule has 4 aromatic rings. The summed E-state index contributed by atoms with van der Waals surface area (Å²) in [5.74, 6) is -0.369. The van der Waals surface area contributed by atoms with E-state index in [9.17, 15) is 4.79 Å². The van der Waals surface area contributed by atoms with E-state index in [1.165, 1.54) is 7.11 Å². The van der Waals surface area contributed by atoms with Crippen molar-refractivity contribution in [3.63, 3.8) is 0 Å². The number of methoxy groups -OCH3 is 1. The minimum atomic E-state index is -0.369. The maximum absolute atomic E-state index is 12.6. The molecule has 8 heteroatoms. The first kappa shape index (κ1) is 24.2. The highest BCUT2D eigenvalue weighted by Gasteiger charge is 2.42. The van der Waals surface area contributed by atoms with Gasteiger partial charge < -0.3 is 19.5 Å². The van der Waals surface area contributed by atoms with Crippen molar-refractivity contribution in [3.05, 3.63) is 112 Å². The quantitative estimate of drug-likeness (QED) is 0.231. The Bertz CT molecular complexity index is 1440. The van der Waals surface area contributed by atoms with Crippen LogP contribution in [-0.4, -0.2) is 27.7 Å². The summed E-state index contributed by atoms with van der Waals surface area (Å²) < 4.78 is 8.17. The van der Waals surface area contributed by atoms with E-state index in [1.54, 1.807) is 12.3 Å². The van der Waals surface area contributed by atoms with Gasteiger partial charge in [0.25, 0.3) is 0 Å². The fraction of sp³-hybridized carbons (Fsp3) is 0.179. The van der Waals surface area contributed by atoms with Crippen LogP contribution in [0.3, 0.4) is 0 Å². The lowest BCUT2D eigenvalue weighted by molar-refractivity contribution is 0.0600. The molecule has 0 bridgehead atoms. The Hall–Kier alpha value is -3.49. The first-order valence-corrected chi connectivity index (χ1v) is 12.7. The molecule has 1 aliphatic rings. The number of rotatable bonds is 5. The molecule has 0 aliphatic carbocycles. The average molecular weight is 562 g/mol. The third-order valence-electron chi connectivity index (χ3n) is 6.54. The molecule has 1 aliphatic heterocycles. The number of anilines is 1. The first-order valence-electron chi connectivity index (χ1n) is 11.5. The van der Waals surface area contributed by atoms with Gasteiger partial charge in [-0.3, -0.25) is 4.98 Å². The molecule has 6 nitrogen and oxygen atoms in total. The molecule has 182 valence electrons. The zero-order chi connectivity index (χ0) is 25.4. The van der Waals surface area contributed by atoms with Crippen LogP contribution in [0, 0.1) is 13.8 Å². The van der Waals surface area contributed by atoms with Crippen molar-refractivity contribution in [1.82, 2.24) is 14.9 Å². The minimum absolute atomic E-state index is 0.154. The zero-order valence-electron chi connectivity index (χ0n) is 20.1. The molecule has 2 atom stereocenters. The SMILES string of the molecule is COC(=O)c1ccccc1-n1c(C)cc([C@@H]2[C@H](c3ccccn3)NC(=S)N2c2ccc(Br)cc2)c1C. The van der Waals surface area contributed by atoms with E-state index in [4.69, 9.17) is 17.0 Å². The first-order chi connectivity index (χ1) is 17.4. The molecular weight excluding hydrogens is 536 g/mol. The molecule has 1 saturated heterocycles. The van der Waals surface area contributed by atoms with Crippen LogP contribution in [0.2, 0.25) is 0 Å². The predicted molar refractivity (Wildman–Crippen MR) is 149 cm³/mol. The summed E-state index contributed by atoms with van der Waals surface area (Å²) in [6.45, 7) is 4.12. The topological polar surface area (TPSA) is 59.4 Å². The molecule has 5 rings (SSSR count). The molecule has 2 aromatic carbocycles. The van der Waals surface area contributed by atoms with Crippen molar-refractivity contribution in [2.75, 3.05) is 12.0 Å². The Morgan fingerprint density at radius 2 is 1.78 bits per heavy atom. The number of nitrogens with one attached hydrogen (secondary N) is 1. The normalized spacial score (nSPS) is 17.2. The number of benzene rings is 2. The van der Waals surface area contributed by atoms with E-state index >= 15 is 0 Å². The number of hydrogen-bond donors (Lipinski definition) is 1. The summed E-state index contributed by atoms with van der Waals surface area (Å²) in [5.41, 5.74) is 6.31. The van der Waals surface area contributed by atoms with Gasteiger partial charge in [0.1, 0.15) is 0 Å². The Labute approximate surface area is 224 Å². The van der Waals surface area contributed by atoms with Crippen molar-refractivity contribution >= 4 is 44.9 Å². The maximum atomic E-state index is 12.6. The zero-order valence-corrected chi connectivity index (χ0v) is 22.5. The van der Waals surface area contributed by atoms with Gasteiger partial charge in [0.15, 0.2) is 5.11 Å². The fourth-order valence-corrected chi connectivity index (χ4v) is 5.57. The number of aromatic nitrogens is 2. The van der Waals surface area contributed by atoms with Gasteiger partial charge in [-0.1, -0.05) is 34.1 Å². The summed E-state index contributed by atoms with van der Waals surface area (Å²) in [4.78, 5) is 19.4. The number of para-hydroxylation sites is 1. The largest absolute Gasteiger partial charge is 0.465 e. The highest BCUT2D eigenvalue weighted by Crippen LogP contribution is 2.44. The van der Waals surface area contributed by atoms with Crippen molar-refractivity contribution < 1.29 is 9.53 Å². The summed E-state index contributed by atoms with van der Waals surface area (Å²) in [6, 6.07) is 23.4. The second-order valence-corrected chi connectivity index (χ2v) is 9.95. The van der Waals surface area contributed by atoms with Gasteiger partial charge in [-0.15, -0.1) is 0 Å². The molecule has 2 aromatic heterocycles. The Morgan fingerprint density at radius 3 is 2.47 bits per heavy atom. The van der Waals surface area contributed by atoms with Gasteiger partial charge in [-0.25, -0.2) is 4.79 Å². The van der Waals surface area contributed by atoms with Crippen molar-refractivity contribution in [2.24, 2.45) is 0 Å². The highest BCUT2D eigenvalue weighted by molar-refractivity contribution is 9.10. The summed E-state index contributed by atoms with van der Waals surface area (Å²) >= 11 is 9.40.